The molecule has 8 heteroatoms. The lowest BCUT2D eigenvalue weighted by molar-refractivity contribution is -0.136. The second-order valence-electron chi connectivity index (χ2n) is 6.97. The summed E-state index contributed by atoms with van der Waals surface area (Å²) in [6.07, 6.45) is 5.00. The molecule has 0 bridgehead atoms. The number of ether oxygens (including phenoxy) is 1. The highest BCUT2D eigenvalue weighted by atomic mass is 32.2. The number of esters is 1. The highest BCUT2D eigenvalue weighted by Gasteiger charge is 2.30. The summed E-state index contributed by atoms with van der Waals surface area (Å²) in [5, 5.41) is 0. The third kappa shape index (κ3) is 4.44. The van der Waals surface area contributed by atoms with Crippen molar-refractivity contribution in [2.75, 3.05) is 17.5 Å². The second-order valence-corrected chi connectivity index (χ2v) is 8.84. The molecule has 2 aromatic carbocycles. The van der Waals surface area contributed by atoms with Crippen LogP contribution < -0.4 is 4.31 Å². The smallest absolute Gasteiger partial charge is 0.331 e. The lowest BCUT2D eigenvalue weighted by atomic mass is 10.2. The number of Topliss-reactive ketones (excluding diaryl/α,β-unsaturated/α-hetero) is 1. The number of aromatic nitrogens is 1. The number of carbonyl (C=O) groups excluding carboxylic acids is 2. The molecule has 0 atom stereocenters. The van der Waals surface area contributed by atoms with Crippen molar-refractivity contribution in [1.82, 2.24) is 4.98 Å². The van der Waals surface area contributed by atoms with Crippen LogP contribution in [0.3, 0.4) is 0 Å². The fourth-order valence-electron chi connectivity index (χ4n) is 3.37. The first-order chi connectivity index (χ1) is 14.9. The number of H-pyrrole nitrogens is 1. The van der Waals surface area contributed by atoms with Crippen LogP contribution in [0.1, 0.15) is 21.6 Å². The Balaban J connectivity index is 1.39. The molecule has 31 heavy (non-hydrogen) atoms. The molecule has 0 spiro atoms. The first-order valence-electron chi connectivity index (χ1n) is 9.67. The topological polar surface area (TPSA) is 96.5 Å². The highest BCUT2D eigenvalue weighted by Crippen LogP contribution is 2.32. The summed E-state index contributed by atoms with van der Waals surface area (Å²) in [4.78, 5) is 26.6. The summed E-state index contributed by atoms with van der Waals surface area (Å²) in [5.74, 6) is -0.991. The second kappa shape index (κ2) is 8.61. The van der Waals surface area contributed by atoms with Gasteiger partial charge in [-0.15, -0.1) is 0 Å². The van der Waals surface area contributed by atoms with Crippen LogP contribution in [0, 0.1) is 0 Å². The molecule has 3 aromatic rings. The molecule has 2 heterocycles. The molecule has 1 aliphatic rings. The molecule has 4 rings (SSSR count). The molecule has 0 radical (unpaired) electrons. The standard InChI is InChI=1S/C23H20N2O5S/c26-22(20-5-3-14-24-20)16-30-23(27)12-9-17-7-10-19(11-8-17)31(28,29)25-15-13-18-4-1-2-6-21(18)25/h1-12,14,24H,13,15-16H2/b12-9+. The van der Waals surface area contributed by atoms with Gasteiger partial charge in [0.2, 0.25) is 5.78 Å². The number of nitrogens with one attached hydrogen (secondary N) is 1. The van der Waals surface area contributed by atoms with Crippen molar-refractivity contribution in [3.05, 3.63) is 89.8 Å². The van der Waals surface area contributed by atoms with Gasteiger partial charge in [0.05, 0.1) is 16.3 Å². The summed E-state index contributed by atoms with van der Waals surface area (Å²) in [7, 11) is -3.66. The number of ketones is 1. The maximum Gasteiger partial charge on any atom is 0.331 e. The normalized spacial score (nSPS) is 13.4. The number of carbonyl (C=O) groups is 2. The molecule has 1 aromatic heterocycles. The molecule has 7 nitrogen and oxygen atoms in total. The van der Waals surface area contributed by atoms with Crippen molar-refractivity contribution in [2.45, 2.75) is 11.3 Å². The Hall–Kier alpha value is -3.65. The number of hydrogen-bond acceptors (Lipinski definition) is 5. The van der Waals surface area contributed by atoms with Crippen molar-refractivity contribution in [2.24, 2.45) is 0 Å². The first-order valence-corrected chi connectivity index (χ1v) is 11.1. The Morgan fingerprint density at radius 2 is 1.81 bits per heavy atom. The van der Waals surface area contributed by atoms with Crippen LogP contribution >= 0.6 is 0 Å². The number of para-hydroxylation sites is 1. The van der Waals surface area contributed by atoms with Gasteiger partial charge in [0.1, 0.15) is 0 Å². The molecule has 0 fully saturated rings. The van der Waals surface area contributed by atoms with E-state index >= 15 is 0 Å². The van der Waals surface area contributed by atoms with Crippen LogP contribution in [-0.2, 0) is 26.0 Å². The third-order valence-electron chi connectivity index (χ3n) is 4.97. The van der Waals surface area contributed by atoms with Gasteiger partial charge in [-0.2, -0.15) is 0 Å². The number of hydrogen-bond donors (Lipinski definition) is 1. The summed E-state index contributed by atoms with van der Waals surface area (Å²) >= 11 is 0. The molecule has 0 amide bonds. The fourth-order valence-corrected chi connectivity index (χ4v) is 4.87. The maximum atomic E-state index is 13.0. The summed E-state index contributed by atoms with van der Waals surface area (Å²) in [6, 6.07) is 17.0. The number of aromatic amines is 1. The average Bonchev–Trinajstić information content (AvgIpc) is 3.46. The van der Waals surface area contributed by atoms with Gasteiger partial charge in [-0.05, 0) is 54.0 Å². The Kier molecular flexibility index (Phi) is 5.73. The predicted octanol–water partition coefficient (Wildman–Crippen LogP) is 3.21. The minimum Gasteiger partial charge on any atom is -0.454 e. The van der Waals surface area contributed by atoms with E-state index < -0.39 is 16.0 Å². The van der Waals surface area contributed by atoms with Crippen molar-refractivity contribution in [1.29, 1.82) is 0 Å². The van der Waals surface area contributed by atoms with E-state index in [2.05, 4.69) is 4.98 Å². The average molecular weight is 436 g/mol. The van der Waals surface area contributed by atoms with E-state index in [-0.39, 0.29) is 17.3 Å². The number of sulfonamides is 1. The molecule has 0 saturated heterocycles. The van der Waals surface area contributed by atoms with E-state index in [1.54, 1.807) is 30.5 Å². The van der Waals surface area contributed by atoms with Crippen LogP contribution in [0.5, 0.6) is 0 Å². The van der Waals surface area contributed by atoms with Crippen LogP contribution in [0.4, 0.5) is 5.69 Å². The van der Waals surface area contributed by atoms with Gasteiger partial charge in [0.15, 0.2) is 6.61 Å². The molecule has 1 N–H and O–H groups in total. The van der Waals surface area contributed by atoms with Crippen molar-refractivity contribution in [3.8, 4) is 0 Å². The van der Waals surface area contributed by atoms with Crippen LogP contribution in [0.15, 0.2) is 77.8 Å². The molecule has 0 unspecified atom stereocenters. The van der Waals surface area contributed by atoms with E-state index in [0.717, 1.165) is 5.56 Å². The zero-order chi connectivity index (χ0) is 21.8. The molecule has 0 saturated carbocycles. The Bertz CT molecular complexity index is 1230. The molecule has 1 aliphatic heterocycles. The zero-order valence-corrected chi connectivity index (χ0v) is 17.3. The lowest BCUT2D eigenvalue weighted by Gasteiger charge is -2.19. The molecular formula is C23H20N2O5S. The summed E-state index contributed by atoms with van der Waals surface area (Å²) < 4.78 is 32.4. The number of nitrogens with zero attached hydrogens (tertiary/aromatic N) is 1. The Morgan fingerprint density at radius 1 is 1.03 bits per heavy atom. The molecular weight excluding hydrogens is 416 g/mol. The van der Waals surface area contributed by atoms with Crippen molar-refractivity contribution < 1.29 is 22.7 Å². The number of anilines is 1. The summed E-state index contributed by atoms with van der Waals surface area (Å²) in [6.45, 7) is 0.0502. The third-order valence-corrected chi connectivity index (χ3v) is 6.80. The number of rotatable bonds is 7. The van der Waals surface area contributed by atoms with E-state index in [4.69, 9.17) is 4.74 Å². The minimum atomic E-state index is -3.66. The fraction of sp³-hybridized carbons (Fsp3) is 0.130. The van der Waals surface area contributed by atoms with Gasteiger partial charge >= 0.3 is 5.97 Å². The van der Waals surface area contributed by atoms with E-state index in [9.17, 15) is 18.0 Å². The lowest BCUT2D eigenvalue weighted by Crippen LogP contribution is -2.29. The van der Waals surface area contributed by atoms with Gasteiger partial charge in [-0.1, -0.05) is 30.3 Å². The van der Waals surface area contributed by atoms with Crippen LogP contribution in [0.2, 0.25) is 0 Å². The zero-order valence-electron chi connectivity index (χ0n) is 16.5. The Labute approximate surface area is 180 Å². The van der Waals surface area contributed by atoms with Gasteiger partial charge < -0.3 is 9.72 Å². The highest BCUT2D eigenvalue weighted by molar-refractivity contribution is 7.92. The Morgan fingerprint density at radius 3 is 2.55 bits per heavy atom. The largest absolute Gasteiger partial charge is 0.454 e. The van der Waals surface area contributed by atoms with E-state index in [1.165, 1.54) is 28.6 Å². The van der Waals surface area contributed by atoms with Gasteiger partial charge in [-0.25, -0.2) is 13.2 Å². The molecule has 0 aliphatic carbocycles. The number of benzene rings is 2. The summed E-state index contributed by atoms with van der Waals surface area (Å²) in [5.41, 5.74) is 2.73. The predicted molar refractivity (Wildman–Crippen MR) is 116 cm³/mol. The molecule has 158 valence electrons. The van der Waals surface area contributed by atoms with Crippen LogP contribution in [-0.4, -0.2) is 38.3 Å². The van der Waals surface area contributed by atoms with Gasteiger partial charge in [0, 0.05) is 18.8 Å². The van der Waals surface area contributed by atoms with Crippen LogP contribution in [0.25, 0.3) is 6.08 Å². The minimum absolute atomic E-state index is 0.181. The SMILES string of the molecule is O=C(/C=C/c1ccc(S(=O)(=O)N2CCc3ccccc32)cc1)OCC(=O)c1ccc[nH]1. The van der Waals surface area contributed by atoms with Crippen molar-refractivity contribution in [3.63, 3.8) is 0 Å². The van der Waals surface area contributed by atoms with E-state index in [0.29, 0.717) is 29.9 Å². The maximum absolute atomic E-state index is 13.0. The first kappa shape index (κ1) is 20.6. The number of fused-ring (bicyclic) bond motifs is 1. The van der Waals surface area contributed by atoms with Crippen molar-refractivity contribution >= 4 is 33.5 Å². The quantitative estimate of drug-likeness (QED) is 0.349. The van der Waals surface area contributed by atoms with Gasteiger partial charge in [-0.3, -0.25) is 9.10 Å². The van der Waals surface area contributed by atoms with E-state index in [1.807, 2.05) is 24.3 Å². The monoisotopic (exact) mass is 436 g/mol. The van der Waals surface area contributed by atoms with Gasteiger partial charge in [0.25, 0.3) is 10.0 Å².